The lowest BCUT2D eigenvalue weighted by Gasteiger charge is -2.12. The summed E-state index contributed by atoms with van der Waals surface area (Å²) in [6.07, 6.45) is 0. The molecular formula is C16H18N6O3S. The summed E-state index contributed by atoms with van der Waals surface area (Å²) in [5, 5.41) is 27.9. The van der Waals surface area contributed by atoms with Crippen molar-refractivity contribution in [1.82, 2.24) is 25.4 Å². The number of thioether (sulfide) groups is 1. The summed E-state index contributed by atoms with van der Waals surface area (Å²) in [4.78, 5) is 12.1. The molecule has 1 amide bonds. The minimum atomic E-state index is -0.258. The molecule has 0 spiro atoms. The van der Waals surface area contributed by atoms with Crippen molar-refractivity contribution in [3.8, 4) is 11.4 Å². The Morgan fingerprint density at radius 1 is 1.31 bits per heavy atom. The highest BCUT2D eigenvalue weighted by atomic mass is 32.2. The number of anilines is 1. The van der Waals surface area contributed by atoms with Gasteiger partial charge >= 0.3 is 0 Å². The Morgan fingerprint density at radius 2 is 2.04 bits per heavy atom. The largest absolute Gasteiger partial charge is 0.508 e. The van der Waals surface area contributed by atoms with Crippen molar-refractivity contribution in [3.63, 3.8) is 0 Å². The highest BCUT2D eigenvalue weighted by Gasteiger charge is 2.20. The number of carbonyl (C=O) groups is 1. The number of aromatic hydroxyl groups is 1. The third-order valence-corrected chi connectivity index (χ3v) is 4.33. The summed E-state index contributed by atoms with van der Waals surface area (Å²) in [5.74, 6) is 0.298. The minimum absolute atomic E-state index is 0.101. The first-order valence-electron chi connectivity index (χ1n) is 7.80. The number of phenolic OH excluding ortho intramolecular Hbond substituents is 1. The number of amides is 1. The standard InChI is InChI=1S/C16H18N6O3S/c1-16(2,3)12-8-14(25-19-12)17-13(24)9-26-15-18-20-21-22(15)10-4-6-11(23)7-5-10/h4-8,23H,9H2,1-3H3,(H,17,24). The maximum absolute atomic E-state index is 12.1. The number of benzene rings is 1. The Labute approximate surface area is 153 Å². The number of rotatable bonds is 5. The Balaban J connectivity index is 1.61. The van der Waals surface area contributed by atoms with Crippen LogP contribution in [0.4, 0.5) is 5.88 Å². The van der Waals surface area contributed by atoms with Crippen LogP contribution in [0.15, 0.2) is 40.0 Å². The van der Waals surface area contributed by atoms with Crippen molar-refractivity contribution < 1.29 is 14.4 Å². The molecule has 0 unspecified atom stereocenters. The molecule has 10 heteroatoms. The van der Waals surface area contributed by atoms with Crippen molar-refractivity contribution in [1.29, 1.82) is 0 Å². The second-order valence-electron chi connectivity index (χ2n) is 6.55. The normalized spacial score (nSPS) is 11.5. The van der Waals surface area contributed by atoms with E-state index in [0.717, 1.165) is 5.69 Å². The summed E-state index contributed by atoms with van der Waals surface area (Å²) in [7, 11) is 0. The van der Waals surface area contributed by atoms with Crippen LogP contribution in [0.3, 0.4) is 0 Å². The van der Waals surface area contributed by atoms with Gasteiger partial charge in [0.05, 0.1) is 17.1 Å². The fourth-order valence-electron chi connectivity index (χ4n) is 2.02. The summed E-state index contributed by atoms with van der Waals surface area (Å²) in [5.41, 5.74) is 1.28. The SMILES string of the molecule is CC(C)(C)c1cc(NC(=O)CSc2nnnn2-c2ccc(O)cc2)on1. The summed E-state index contributed by atoms with van der Waals surface area (Å²) in [6.45, 7) is 6.03. The Bertz CT molecular complexity index is 897. The first-order chi connectivity index (χ1) is 12.3. The van der Waals surface area contributed by atoms with Crippen molar-refractivity contribution in [3.05, 3.63) is 36.0 Å². The van der Waals surface area contributed by atoms with Crippen LogP contribution < -0.4 is 5.32 Å². The topological polar surface area (TPSA) is 119 Å². The van der Waals surface area contributed by atoms with Crippen LogP contribution in [0.1, 0.15) is 26.5 Å². The first-order valence-corrected chi connectivity index (χ1v) is 8.79. The number of nitrogens with one attached hydrogen (secondary N) is 1. The van der Waals surface area contributed by atoms with E-state index < -0.39 is 0 Å². The van der Waals surface area contributed by atoms with E-state index in [1.165, 1.54) is 28.6 Å². The van der Waals surface area contributed by atoms with E-state index >= 15 is 0 Å². The van der Waals surface area contributed by atoms with Gasteiger partial charge in [0.25, 0.3) is 0 Å². The lowest BCUT2D eigenvalue weighted by atomic mass is 9.92. The van der Waals surface area contributed by atoms with Crippen molar-refractivity contribution in [2.24, 2.45) is 0 Å². The first kappa shape index (κ1) is 17.9. The predicted molar refractivity (Wildman–Crippen MR) is 95.4 cm³/mol. The second-order valence-corrected chi connectivity index (χ2v) is 7.50. The van der Waals surface area contributed by atoms with E-state index in [4.69, 9.17) is 4.52 Å². The maximum atomic E-state index is 12.1. The molecule has 0 fully saturated rings. The number of hydrogen-bond donors (Lipinski definition) is 2. The van der Waals surface area contributed by atoms with Crippen LogP contribution in [0.25, 0.3) is 5.69 Å². The molecule has 0 aliphatic heterocycles. The second kappa shape index (κ2) is 7.16. The zero-order valence-electron chi connectivity index (χ0n) is 14.5. The van der Waals surface area contributed by atoms with Crippen LogP contribution in [0.5, 0.6) is 5.75 Å². The smallest absolute Gasteiger partial charge is 0.237 e. The highest BCUT2D eigenvalue weighted by molar-refractivity contribution is 7.99. The molecule has 2 aromatic heterocycles. The molecule has 0 aliphatic carbocycles. The van der Waals surface area contributed by atoms with Crippen molar-refractivity contribution in [2.45, 2.75) is 31.3 Å². The van der Waals surface area contributed by atoms with Gasteiger partial charge in [0, 0.05) is 11.5 Å². The van der Waals surface area contributed by atoms with E-state index in [-0.39, 0.29) is 22.8 Å². The lowest BCUT2D eigenvalue weighted by molar-refractivity contribution is -0.113. The fraction of sp³-hybridized carbons (Fsp3) is 0.312. The van der Waals surface area contributed by atoms with Crippen molar-refractivity contribution >= 4 is 23.6 Å². The van der Waals surface area contributed by atoms with E-state index in [1.807, 2.05) is 20.8 Å². The molecule has 0 bridgehead atoms. The van der Waals surface area contributed by atoms with E-state index in [0.29, 0.717) is 16.7 Å². The maximum Gasteiger partial charge on any atom is 0.237 e. The number of phenols is 1. The molecule has 2 N–H and O–H groups in total. The molecule has 0 atom stereocenters. The number of hydrogen-bond acceptors (Lipinski definition) is 8. The van der Waals surface area contributed by atoms with Gasteiger partial charge in [-0.2, -0.15) is 4.68 Å². The van der Waals surface area contributed by atoms with Gasteiger partial charge in [-0.25, -0.2) is 0 Å². The minimum Gasteiger partial charge on any atom is -0.508 e. The zero-order valence-corrected chi connectivity index (χ0v) is 15.3. The monoisotopic (exact) mass is 374 g/mol. The molecule has 26 heavy (non-hydrogen) atoms. The molecule has 0 saturated heterocycles. The van der Waals surface area contributed by atoms with Gasteiger partial charge in [-0.05, 0) is 34.7 Å². The summed E-state index contributed by atoms with van der Waals surface area (Å²) in [6, 6.07) is 8.14. The number of nitrogens with zero attached hydrogens (tertiary/aromatic N) is 5. The molecule has 3 rings (SSSR count). The molecule has 2 heterocycles. The van der Waals surface area contributed by atoms with Gasteiger partial charge in [0.15, 0.2) is 0 Å². The van der Waals surface area contributed by atoms with Crippen LogP contribution in [0.2, 0.25) is 0 Å². The molecule has 0 saturated carbocycles. The highest BCUT2D eigenvalue weighted by Crippen LogP contribution is 2.24. The van der Waals surface area contributed by atoms with E-state index in [9.17, 15) is 9.90 Å². The van der Waals surface area contributed by atoms with Crippen LogP contribution in [-0.2, 0) is 10.2 Å². The third-order valence-electron chi connectivity index (χ3n) is 3.41. The van der Waals surface area contributed by atoms with E-state index in [1.54, 1.807) is 18.2 Å². The average molecular weight is 374 g/mol. The molecule has 0 radical (unpaired) electrons. The number of tetrazole rings is 1. The molecule has 3 aromatic rings. The van der Waals surface area contributed by atoms with Crippen LogP contribution >= 0.6 is 11.8 Å². The van der Waals surface area contributed by atoms with Gasteiger partial charge in [-0.15, -0.1) is 5.10 Å². The number of aromatic nitrogens is 5. The predicted octanol–water partition coefficient (Wildman–Crippen LogP) is 2.38. The zero-order chi connectivity index (χ0) is 18.7. The van der Waals surface area contributed by atoms with Gasteiger partial charge in [-0.1, -0.05) is 37.7 Å². The third kappa shape index (κ3) is 4.20. The van der Waals surface area contributed by atoms with Gasteiger partial charge < -0.3 is 9.63 Å². The van der Waals surface area contributed by atoms with Crippen LogP contribution in [0, 0.1) is 0 Å². The lowest BCUT2D eigenvalue weighted by Crippen LogP contribution is -2.14. The number of carbonyl (C=O) groups excluding carboxylic acids is 1. The van der Waals surface area contributed by atoms with Gasteiger partial charge in [0.1, 0.15) is 5.75 Å². The quantitative estimate of drug-likeness (QED) is 0.653. The summed E-state index contributed by atoms with van der Waals surface area (Å²) >= 11 is 1.18. The summed E-state index contributed by atoms with van der Waals surface area (Å²) < 4.78 is 6.63. The average Bonchev–Trinajstić information content (AvgIpc) is 3.22. The molecule has 0 aliphatic rings. The molecule has 1 aromatic carbocycles. The Morgan fingerprint density at radius 3 is 2.69 bits per heavy atom. The Hall–Kier alpha value is -2.88. The molecule has 9 nitrogen and oxygen atoms in total. The Kier molecular flexibility index (Phi) is 4.94. The molecular weight excluding hydrogens is 356 g/mol. The molecule has 136 valence electrons. The fourth-order valence-corrected chi connectivity index (χ4v) is 2.71. The van der Waals surface area contributed by atoms with Gasteiger partial charge in [0.2, 0.25) is 16.9 Å². The van der Waals surface area contributed by atoms with Crippen molar-refractivity contribution in [2.75, 3.05) is 11.1 Å². The van der Waals surface area contributed by atoms with Crippen LogP contribution in [-0.4, -0.2) is 42.1 Å². The van der Waals surface area contributed by atoms with Gasteiger partial charge in [-0.3, -0.25) is 10.1 Å². The van der Waals surface area contributed by atoms with E-state index in [2.05, 4.69) is 26.0 Å².